The second-order valence-electron chi connectivity index (χ2n) is 11.0. The zero-order valence-electron chi connectivity index (χ0n) is 21.8. The zero-order chi connectivity index (χ0) is 28.3. The van der Waals surface area contributed by atoms with E-state index in [2.05, 4.69) is 30.8 Å². The van der Waals surface area contributed by atoms with Gasteiger partial charge in [-0.15, -0.1) is 0 Å². The van der Waals surface area contributed by atoms with Crippen LogP contribution in [0, 0.1) is 5.41 Å². The number of piperidine rings is 1. The molecule has 1 spiro atoms. The summed E-state index contributed by atoms with van der Waals surface area (Å²) in [5.41, 5.74) is 4.77. The Bertz CT molecular complexity index is 1710. The third-order valence-electron chi connectivity index (χ3n) is 8.35. The number of aromatic nitrogens is 3. The number of pyridine rings is 2. The van der Waals surface area contributed by atoms with Gasteiger partial charge in [0.25, 0.3) is 0 Å². The first-order valence-corrected chi connectivity index (χ1v) is 13.9. The Kier molecular flexibility index (Phi) is 6.19. The van der Waals surface area contributed by atoms with E-state index in [9.17, 15) is 18.7 Å². The van der Waals surface area contributed by atoms with E-state index in [1.54, 1.807) is 24.5 Å². The highest BCUT2D eigenvalue weighted by molar-refractivity contribution is 6.33. The van der Waals surface area contributed by atoms with Gasteiger partial charge in [-0.25, -0.2) is 9.78 Å². The molecule has 8 nitrogen and oxygen atoms in total. The number of benzene rings is 1. The Morgan fingerprint density at radius 2 is 1.98 bits per heavy atom. The van der Waals surface area contributed by atoms with Gasteiger partial charge in [0.05, 0.1) is 10.5 Å². The van der Waals surface area contributed by atoms with Crippen LogP contribution in [0.2, 0.25) is 5.02 Å². The minimum atomic E-state index is -3.08. The van der Waals surface area contributed by atoms with Crippen molar-refractivity contribution in [2.24, 2.45) is 5.41 Å². The average Bonchev–Trinajstić information content (AvgIpc) is 3.70. The van der Waals surface area contributed by atoms with Gasteiger partial charge < -0.3 is 19.3 Å². The second kappa shape index (κ2) is 9.80. The SMILES string of the molecule is O=C(O)c1cc(OC(F)F)c2cc(N3CCC4(C=C(c5c(-c6ccncc6Cl)noc5C5CC5)C4)CC3)ccc2n1. The summed E-state index contributed by atoms with van der Waals surface area (Å²) in [5, 5.41) is 14.6. The molecule has 0 radical (unpaired) electrons. The van der Waals surface area contributed by atoms with Crippen molar-refractivity contribution >= 4 is 39.7 Å². The van der Waals surface area contributed by atoms with Crippen LogP contribution >= 0.6 is 11.6 Å². The van der Waals surface area contributed by atoms with Crippen LogP contribution in [-0.2, 0) is 0 Å². The molecule has 4 aromatic rings. The Morgan fingerprint density at radius 3 is 2.66 bits per heavy atom. The number of carboxylic acid groups (broad SMARTS) is 1. The third kappa shape index (κ3) is 4.69. The largest absolute Gasteiger partial charge is 0.477 e. The van der Waals surface area contributed by atoms with Gasteiger partial charge in [0.1, 0.15) is 17.2 Å². The van der Waals surface area contributed by atoms with E-state index < -0.39 is 12.6 Å². The van der Waals surface area contributed by atoms with E-state index >= 15 is 0 Å². The first-order chi connectivity index (χ1) is 19.8. The van der Waals surface area contributed by atoms with Crippen LogP contribution < -0.4 is 9.64 Å². The number of hydrogen-bond acceptors (Lipinski definition) is 7. The summed E-state index contributed by atoms with van der Waals surface area (Å²) in [6.45, 7) is -1.52. The summed E-state index contributed by atoms with van der Waals surface area (Å²) >= 11 is 6.47. The fourth-order valence-corrected chi connectivity index (χ4v) is 6.29. The molecular formula is C30H25ClF2N4O4. The predicted octanol–water partition coefficient (Wildman–Crippen LogP) is 7.19. The molecule has 1 N–H and O–H groups in total. The molecule has 3 aliphatic rings. The lowest BCUT2D eigenvalue weighted by Crippen LogP contribution is -2.42. The molecule has 0 amide bonds. The van der Waals surface area contributed by atoms with Gasteiger partial charge in [-0.2, -0.15) is 8.78 Å². The van der Waals surface area contributed by atoms with Crippen molar-refractivity contribution < 1.29 is 27.9 Å². The first kappa shape index (κ1) is 25.9. The lowest BCUT2D eigenvalue weighted by atomic mass is 9.63. The van der Waals surface area contributed by atoms with E-state index in [1.807, 2.05) is 12.1 Å². The van der Waals surface area contributed by atoms with Crippen LogP contribution in [0.3, 0.4) is 0 Å². The summed E-state index contributed by atoms with van der Waals surface area (Å²) in [7, 11) is 0. The molecule has 2 fully saturated rings. The molecule has 0 unspecified atom stereocenters. The van der Waals surface area contributed by atoms with Gasteiger partial charge in [-0.1, -0.05) is 22.8 Å². The number of allylic oxidation sites excluding steroid dienone is 2. The molecule has 1 saturated carbocycles. The Labute approximate surface area is 238 Å². The highest BCUT2D eigenvalue weighted by Crippen LogP contribution is 2.56. The molecule has 0 atom stereocenters. The van der Waals surface area contributed by atoms with Crippen molar-refractivity contribution in [3.05, 3.63) is 70.8 Å². The summed E-state index contributed by atoms with van der Waals surface area (Å²) in [5.74, 6) is -0.159. The standard InChI is InChI=1S/C30H25ClF2N4O4/c31-21-15-34-8-5-19(21)26-25(27(41-36-26)16-1-2-16)17-13-30(14-17)6-9-37(10-7-30)18-3-4-22-20(11-18)24(40-29(32)33)12-23(35-22)28(38)39/h3-5,8,11-13,15-16,29H,1-2,6-7,9-10,14H2,(H,38,39). The summed E-state index contributed by atoms with van der Waals surface area (Å²) in [4.78, 5) is 21.8. The normalized spacial score (nSPS) is 18.0. The van der Waals surface area contributed by atoms with E-state index in [0.717, 1.165) is 79.5 Å². The van der Waals surface area contributed by atoms with Crippen molar-refractivity contribution in [2.75, 3.05) is 18.0 Å². The van der Waals surface area contributed by atoms with Gasteiger partial charge in [0.2, 0.25) is 0 Å². The molecule has 210 valence electrons. The number of halogens is 3. The van der Waals surface area contributed by atoms with Gasteiger partial charge in [0.15, 0.2) is 5.69 Å². The highest BCUT2D eigenvalue weighted by Gasteiger charge is 2.44. The summed E-state index contributed by atoms with van der Waals surface area (Å²) in [6, 6.07) is 8.15. The number of anilines is 1. The average molecular weight is 579 g/mol. The first-order valence-electron chi connectivity index (χ1n) is 13.5. The van der Waals surface area contributed by atoms with Crippen molar-refractivity contribution in [2.45, 2.75) is 44.6 Å². The topological polar surface area (TPSA) is 102 Å². The minimum Gasteiger partial charge on any atom is -0.477 e. The Hall–Kier alpha value is -4.05. The maximum absolute atomic E-state index is 13.1. The van der Waals surface area contributed by atoms with E-state index in [4.69, 9.17) is 16.1 Å². The van der Waals surface area contributed by atoms with Crippen molar-refractivity contribution in [3.8, 4) is 17.0 Å². The fourth-order valence-electron chi connectivity index (χ4n) is 6.08. The van der Waals surface area contributed by atoms with Crippen LogP contribution in [0.4, 0.5) is 14.5 Å². The van der Waals surface area contributed by atoms with Crippen LogP contribution in [0.5, 0.6) is 5.75 Å². The van der Waals surface area contributed by atoms with Crippen LogP contribution in [0.25, 0.3) is 27.7 Å². The van der Waals surface area contributed by atoms with E-state index in [0.29, 0.717) is 16.3 Å². The maximum Gasteiger partial charge on any atom is 0.387 e. The minimum absolute atomic E-state index is 0.0714. The van der Waals surface area contributed by atoms with E-state index in [-0.39, 0.29) is 22.4 Å². The molecule has 7 rings (SSSR count). The lowest BCUT2D eigenvalue weighted by molar-refractivity contribution is -0.0489. The Morgan fingerprint density at radius 1 is 1.20 bits per heavy atom. The molecule has 4 heterocycles. The monoisotopic (exact) mass is 578 g/mol. The second-order valence-corrected chi connectivity index (χ2v) is 11.4. The smallest absolute Gasteiger partial charge is 0.387 e. The van der Waals surface area contributed by atoms with Crippen LogP contribution in [0.1, 0.15) is 59.8 Å². The number of hydrogen-bond donors (Lipinski definition) is 1. The molecule has 11 heteroatoms. The number of carbonyl (C=O) groups is 1. The molecule has 2 aliphatic carbocycles. The van der Waals surface area contributed by atoms with Crippen LogP contribution in [-0.4, -0.2) is 45.9 Å². The van der Waals surface area contributed by atoms with Gasteiger partial charge in [-0.3, -0.25) is 4.98 Å². The lowest BCUT2D eigenvalue weighted by Gasteiger charge is -2.47. The van der Waals surface area contributed by atoms with Gasteiger partial charge in [0, 0.05) is 59.7 Å². The molecule has 41 heavy (non-hydrogen) atoms. The zero-order valence-corrected chi connectivity index (χ0v) is 22.6. The number of carboxylic acids is 1. The number of alkyl halides is 2. The molecule has 1 aromatic carbocycles. The Balaban J connectivity index is 1.13. The molecular weight excluding hydrogens is 554 g/mol. The predicted molar refractivity (Wildman–Crippen MR) is 149 cm³/mol. The molecule has 1 saturated heterocycles. The quantitative estimate of drug-likeness (QED) is 0.246. The van der Waals surface area contributed by atoms with Crippen LogP contribution in [0.15, 0.2) is 53.3 Å². The maximum atomic E-state index is 13.1. The molecule has 0 bridgehead atoms. The summed E-state index contributed by atoms with van der Waals surface area (Å²) in [6.07, 6.45) is 10.7. The highest BCUT2D eigenvalue weighted by atomic mass is 35.5. The third-order valence-corrected chi connectivity index (χ3v) is 8.65. The summed E-state index contributed by atoms with van der Waals surface area (Å²) < 4.78 is 36.7. The van der Waals surface area contributed by atoms with E-state index in [1.165, 1.54) is 5.57 Å². The number of rotatable bonds is 7. The van der Waals surface area contributed by atoms with Crippen molar-refractivity contribution in [1.29, 1.82) is 0 Å². The number of ether oxygens (including phenoxy) is 1. The van der Waals surface area contributed by atoms with Gasteiger partial charge >= 0.3 is 12.6 Å². The number of fused-ring (bicyclic) bond motifs is 1. The number of nitrogens with zero attached hydrogens (tertiary/aromatic N) is 4. The van der Waals surface area contributed by atoms with Gasteiger partial charge in [-0.05, 0) is 67.4 Å². The number of aromatic carboxylic acids is 1. The fraction of sp³-hybridized carbons (Fsp3) is 0.333. The molecule has 1 aliphatic heterocycles. The van der Waals surface area contributed by atoms with Crippen molar-refractivity contribution in [1.82, 2.24) is 15.1 Å². The van der Waals surface area contributed by atoms with Crippen molar-refractivity contribution in [3.63, 3.8) is 0 Å². The molecule has 3 aromatic heterocycles.